The molecule has 0 saturated carbocycles. The average Bonchev–Trinajstić information content (AvgIpc) is 3.32. The van der Waals surface area contributed by atoms with Gasteiger partial charge in [-0.05, 0) is 56.5 Å². The van der Waals surface area contributed by atoms with Crippen molar-refractivity contribution in [3.05, 3.63) is 65.0 Å². The Balaban J connectivity index is 1.26. The summed E-state index contributed by atoms with van der Waals surface area (Å²) in [5.74, 6) is 0.239. The zero-order chi connectivity index (χ0) is 21.7. The lowest BCUT2D eigenvalue weighted by atomic mass is 9.95. The quantitative estimate of drug-likeness (QED) is 0.664. The molecule has 3 heterocycles. The molecule has 1 saturated heterocycles. The van der Waals surface area contributed by atoms with Crippen molar-refractivity contribution in [2.45, 2.75) is 38.6 Å². The molecular formula is C24H24N4O3. The predicted molar refractivity (Wildman–Crippen MR) is 116 cm³/mol. The Morgan fingerprint density at radius 2 is 1.71 bits per heavy atom. The lowest BCUT2D eigenvalue weighted by molar-refractivity contribution is -0.136. The van der Waals surface area contributed by atoms with Gasteiger partial charge in [-0.25, -0.2) is 4.98 Å². The number of nitrogens with one attached hydrogen (secondary N) is 1. The summed E-state index contributed by atoms with van der Waals surface area (Å²) in [6.07, 6.45) is 1.58. The van der Waals surface area contributed by atoms with Gasteiger partial charge in [0.15, 0.2) is 0 Å². The van der Waals surface area contributed by atoms with E-state index in [2.05, 4.69) is 24.0 Å². The van der Waals surface area contributed by atoms with Crippen LogP contribution < -0.4 is 0 Å². The zero-order valence-corrected chi connectivity index (χ0v) is 17.6. The molecule has 5 rings (SSSR count). The summed E-state index contributed by atoms with van der Waals surface area (Å²) in [4.78, 5) is 49.5. The van der Waals surface area contributed by atoms with Gasteiger partial charge in [0.1, 0.15) is 11.9 Å². The minimum atomic E-state index is -0.821. The van der Waals surface area contributed by atoms with Gasteiger partial charge < -0.3 is 9.88 Å². The van der Waals surface area contributed by atoms with E-state index in [0.717, 1.165) is 34.6 Å². The largest absolute Gasteiger partial charge is 0.342 e. The van der Waals surface area contributed by atoms with E-state index in [-0.39, 0.29) is 11.8 Å². The van der Waals surface area contributed by atoms with Crippen molar-refractivity contribution in [2.24, 2.45) is 0 Å². The second-order valence-electron chi connectivity index (χ2n) is 8.44. The number of imide groups is 1. The average molecular weight is 416 g/mol. The van der Waals surface area contributed by atoms with Crippen LogP contribution >= 0.6 is 0 Å². The van der Waals surface area contributed by atoms with Gasteiger partial charge in [0, 0.05) is 19.0 Å². The lowest BCUT2D eigenvalue weighted by Crippen LogP contribution is -2.51. The molecule has 7 nitrogen and oxygen atoms in total. The number of benzene rings is 2. The molecule has 1 fully saturated rings. The van der Waals surface area contributed by atoms with Crippen LogP contribution in [0.3, 0.4) is 0 Å². The maximum absolute atomic E-state index is 13.1. The van der Waals surface area contributed by atoms with E-state index in [1.807, 2.05) is 6.07 Å². The van der Waals surface area contributed by atoms with Gasteiger partial charge in [0.25, 0.3) is 11.8 Å². The molecule has 0 aliphatic carbocycles. The third-order valence-electron chi connectivity index (χ3n) is 6.42. The predicted octanol–water partition coefficient (Wildman–Crippen LogP) is 3.26. The molecule has 1 N–H and O–H groups in total. The van der Waals surface area contributed by atoms with Crippen molar-refractivity contribution in [2.75, 3.05) is 13.1 Å². The number of amides is 3. The van der Waals surface area contributed by atoms with Crippen molar-refractivity contribution in [1.82, 2.24) is 19.8 Å². The fourth-order valence-corrected chi connectivity index (χ4v) is 4.64. The van der Waals surface area contributed by atoms with E-state index in [4.69, 9.17) is 4.98 Å². The first-order chi connectivity index (χ1) is 14.9. The maximum Gasteiger partial charge on any atom is 0.262 e. The van der Waals surface area contributed by atoms with Crippen molar-refractivity contribution in [1.29, 1.82) is 0 Å². The fraction of sp³-hybridized carbons (Fsp3) is 0.333. The molecule has 3 amide bonds. The summed E-state index contributed by atoms with van der Waals surface area (Å²) in [6, 6.07) is 12.1. The van der Waals surface area contributed by atoms with E-state index in [1.165, 1.54) is 5.56 Å². The topological polar surface area (TPSA) is 86.4 Å². The number of imidazole rings is 1. The molecule has 7 heteroatoms. The number of aromatic nitrogens is 2. The highest BCUT2D eigenvalue weighted by atomic mass is 16.2. The van der Waals surface area contributed by atoms with Crippen LogP contribution in [0.15, 0.2) is 42.5 Å². The minimum Gasteiger partial charge on any atom is -0.342 e. The number of nitrogens with zero attached hydrogens (tertiary/aromatic N) is 3. The number of likely N-dealkylation sites (tertiary alicyclic amines) is 1. The molecule has 1 unspecified atom stereocenters. The van der Waals surface area contributed by atoms with Crippen LogP contribution in [0.1, 0.15) is 57.8 Å². The Hall–Kier alpha value is -3.48. The highest BCUT2D eigenvalue weighted by Crippen LogP contribution is 2.30. The molecule has 1 atom stereocenters. The molecule has 1 aromatic heterocycles. The van der Waals surface area contributed by atoms with Crippen molar-refractivity contribution < 1.29 is 14.4 Å². The number of aromatic amines is 1. The van der Waals surface area contributed by atoms with Crippen LogP contribution in [-0.4, -0.2) is 56.6 Å². The van der Waals surface area contributed by atoms with E-state index in [0.29, 0.717) is 24.2 Å². The van der Waals surface area contributed by atoms with Crippen LogP contribution in [0.25, 0.3) is 11.0 Å². The molecule has 2 aromatic carbocycles. The van der Waals surface area contributed by atoms with Gasteiger partial charge in [-0.2, -0.15) is 0 Å². The van der Waals surface area contributed by atoms with E-state index in [9.17, 15) is 14.4 Å². The van der Waals surface area contributed by atoms with E-state index in [1.54, 1.807) is 36.1 Å². The summed E-state index contributed by atoms with van der Waals surface area (Å²) in [5, 5.41) is 0. The fourth-order valence-electron chi connectivity index (χ4n) is 4.64. The van der Waals surface area contributed by atoms with Gasteiger partial charge in [0.05, 0.1) is 22.2 Å². The standard InChI is InChI=1S/C24H24N4O3/c1-14-7-8-19-20(13-14)26-21(25-19)16-9-11-27(12-10-16)22(29)15(2)28-23(30)17-5-3-4-6-18(17)24(28)31/h3-8,13,15-16H,9-12H2,1-2H3,(H,25,26). The smallest absolute Gasteiger partial charge is 0.262 e. The summed E-state index contributed by atoms with van der Waals surface area (Å²) in [5.41, 5.74) is 3.91. The second-order valence-corrected chi connectivity index (χ2v) is 8.44. The number of hydrogen-bond acceptors (Lipinski definition) is 4. The Labute approximate surface area is 180 Å². The number of piperidine rings is 1. The molecule has 31 heavy (non-hydrogen) atoms. The summed E-state index contributed by atoms with van der Waals surface area (Å²) in [6.45, 7) is 4.84. The molecular weight excluding hydrogens is 392 g/mol. The zero-order valence-electron chi connectivity index (χ0n) is 17.6. The van der Waals surface area contributed by atoms with Crippen LogP contribution in [0.4, 0.5) is 0 Å². The first-order valence-electron chi connectivity index (χ1n) is 10.7. The number of aryl methyl sites for hydroxylation is 1. The molecule has 2 aliphatic heterocycles. The Morgan fingerprint density at radius 3 is 2.35 bits per heavy atom. The third kappa shape index (κ3) is 3.21. The number of carbonyl (C=O) groups is 3. The molecule has 158 valence electrons. The summed E-state index contributed by atoms with van der Waals surface area (Å²) in [7, 11) is 0. The van der Waals surface area contributed by atoms with Crippen molar-refractivity contribution in [3.8, 4) is 0 Å². The van der Waals surface area contributed by atoms with Crippen molar-refractivity contribution in [3.63, 3.8) is 0 Å². The Bertz CT molecular complexity index is 1170. The van der Waals surface area contributed by atoms with E-state index < -0.39 is 17.9 Å². The number of fused-ring (bicyclic) bond motifs is 2. The van der Waals surface area contributed by atoms with Gasteiger partial charge >= 0.3 is 0 Å². The maximum atomic E-state index is 13.1. The summed E-state index contributed by atoms with van der Waals surface area (Å²) >= 11 is 0. The Morgan fingerprint density at radius 1 is 1.06 bits per heavy atom. The highest BCUT2D eigenvalue weighted by Gasteiger charge is 2.42. The van der Waals surface area contributed by atoms with Gasteiger partial charge in [-0.1, -0.05) is 18.2 Å². The molecule has 0 spiro atoms. The van der Waals surface area contributed by atoms with Crippen LogP contribution in [0.2, 0.25) is 0 Å². The van der Waals surface area contributed by atoms with Gasteiger partial charge in [-0.15, -0.1) is 0 Å². The molecule has 2 aliphatic rings. The normalized spacial score (nSPS) is 18.0. The SMILES string of the molecule is Cc1ccc2nc(C3CCN(C(=O)C(C)N4C(=O)c5ccccc5C4=O)CC3)[nH]c2c1. The molecule has 3 aromatic rings. The minimum absolute atomic E-state index is 0.187. The van der Waals surface area contributed by atoms with Crippen molar-refractivity contribution >= 4 is 28.8 Å². The first-order valence-corrected chi connectivity index (χ1v) is 10.7. The Kier molecular flexibility index (Phi) is 4.61. The first kappa shape index (κ1) is 19.5. The van der Waals surface area contributed by atoms with Crippen LogP contribution in [0.5, 0.6) is 0 Å². The molecule has 0 bridgehead atoms. The highest BCUT2D eigenvalue weighted by molar-refractivity contribution is 6.22. The van der Waals surface area contributed by atoms with Gasteiger partial charge in [0.2, 0.25) is 5.91 Å². The summed E-state index contributed by atoms with van der Waals surface area (Å²) < 4.78 is 0. The van der Waals surface area contributed by atoms with E-state index >= 15 is 0 Å². The lowest BCUT2D eigenvalue weighted by Gasteiger charge is -2.34. The number of H-pyrrole nitrogens is 1. The number of carbonyl (C=O) groups excluding carboxylic acids is 3. The number of hydrogen-bond donors (Lipinski definition) is 1. The monoisotopic (exact) mass is 416 g/mol. The second kappa shape index (κ2) is 7.34. The third-order valence-corrected chi connectivity index (χ3v) is 6.42. The van der Waals surface area contributed by atoms with Crippen LogP contribution in [-0.2, 0) is 4.79 Å². The van der Waals surface area contributed by atoms with Crippen LogP contribution in [0, 0.1) is 6.92 Å². The number of rotatable bonds is 3. The van der Waals surface area contributed by atoms with Gasteiger partial charge in [-0.3, -0.25) is 19.3 Å². The molecule has 0 radical (unpaired) electrons.